The highest BCUT2D eigenvalue weighted by atomic mass is 19.1. The molecule has 1 atom stereocenters. The number of rotatable bonds is 4. The Balaban J connectivity index is 1.62. The molecule has 1 saturated carbocycles. The average molecular weight is 289 g/mol. The van der Waals surface area contributed by atoms with E-state index in [9.17, 15) is 4.39 Å². The maximum atomic E-state index is 13.5. The zero-order valence-electron chi connectivity index (χ0n) is 12.4. The maximum absolute atomic E-state index is 13.5. The van der Waals surface area contributed by atoms with E-state index in [4.69, 9.17) is 4.74 Å². The normalized spacial score (nSPS) is 20.6. The summed E-state index contributed by atoms with van der Waals surface area (Å²) < 4.78 is 20.8. The van der Waals surface area contributed by atoms with Crippen LogP contribution in [0.3, 0.4) is 0 Å². The number of aromatic nitrogens is 3. The van der Waals surface area contributed by atoms with Gasteiger partial charge in [0, 0.05) is 0 Å². The Morgan fingerprint density at radius 3 is 2.90 bits per heavy atom. The second-order valence-corrected chi connectivity index (χ2v) is 6.47. The highest BCUT2D eigenvalue weighted by Crippen LogP contribution is 2.43. The van der Waals surface area contributed by atoms with Gasteiger partial charge in [-0.25, -0.2) is 9.07 Å². The molecule has 1 unspecified atom stereocenters. The third kappa shape index (κ3) is 3.23. The van der Waals surface area contributed by atoms with Crippen molar-refractivity contribution < 1.29 is 9.13 Å². The summed E-state index contributed by atoms with van der Waals surface area (Å²) in [5.41, 5.74) is 1.10. The SMILES string of the molecule is CC1(C)CCC(n2cc(COc3ccccc3F)nn2)C1. The van der Waals surface area contributed by atoms with Gasteiger partial charge in [-0.15, -0.1) is 5.10 Å². The number of benzene rings is 1. The summed E-state index contributed by atoms with van der Waals surface area (Å²) >= 11 is 0. The van der Waals surface area contributed by atoms with Crippen LogP contribution in [-0.2, 0) is 6.61 Å². The van der Waals surface area contributed by atoms with E-state index in [2.05, 4.69) is 24.2 Å². The van der Waals surface area contributed by atoms with Gasteiger partial charge >= 0.3 is 0 Å². The Labute approximate surface area is 123 Å². The molecule has 0 saturated heterocycles. The Hall–Kier alpha value is -1.91. The molecule has 1 aliphatic carbocycles. The monoisotopic (exact) mass is 289 g/mol. The first-order chi connectivity index (χ1) is 10.0. The fraction of sp³-hybridized carbons (Fsp3) is 0.500. The van der Waals surface area contributed by atoms with Crippen LogP contribution in [0.4, 0.5) is 4.39 Å². The van der Waals surface area contributed by atoms with Crippen LogP contribution < -0.4 is 4.74 Å². The predicted octanol–water partition coefficient (Wildman–Crippen LogP) is 3.75. The summed E-state index contributed by atoms with van der Waals surface area (Å²) in [5.74, 6) is -0.114. The molecule has 1 fully saturated rings. The lowest BCUT2D eigenvalue weighted by Crippen LogP contribution is -2.09. The number of hydrogen-bond donors (Lipinski definition) is 0. The highest BCUT2D eigenvalue weighted by molar-refractivity contribution is 5.23. The van der Waals surface area contributed by atoms with Crippen molar-refractivity contribution in [1.29, 1.82) is 0 Å². The molecule has 1 aliphatic rings. The lowest BCUT2D eigenvalue weighted by Gasteiger charge is -2.16. The Bertz CT molecular complexity index is 623. The van der Waals surface area contributed by atoms with Gasteiger partial charge in [-0.1, -0.05) is 31.2 Å². The van der Waals surface area contributed by atoms with Gasteiger partial charge in [0.1, 0.15) is 12.3 Å². The van der Waals surface area contributed by atoms with E-state index in [1.165, 1.54) is 12.5 Å². The predicted molar refractivity (Wildman–Crippen MR) is 77.4 cm³/mol. The summed E-state index contributed by atoms with van der Waals surface area (Å²) in [6, 6.07) is 6.79. The molecule has 1 aromatic heterocycles. The molecule has 2 aromatic rings. The minimum Gasteiger partial charge on any atom is -0.484 e. The van der Waals surface area contributed by atoms with Gasteiger partial charge in [0.15, 0.2) is 11.6 Å². The number of nitrogens with zero attached hydrogens (tertiary/aromatic N) is 3. The summed E-state index contributed by atoms with van der Waals surface area (Å²) in [6.45, 7) is 4.80. The average Bonchev–Trinajstić information content (AvgIpc) is 3.04. The van der Waals surface area contributed by atoms with E-state index in [1.807, 2.05) is 10.9 Å². The van der Waals surface area contributed by atoms with E-state index in [0.717, 1.165) is 18.5 Å². The summed E-state index contributed by atoms with van der Waals surface area (Å²) in [4.78, 5) is 0. The van der Waals surface area contributed by atoms with Crippen LogP contribution >= 0.6 is 0 Å². The van der Waals surface area contributed by atoms with E-state index in [1.54, 1.807) is 18.2 Å². The molecular weight excluding hydrogens is 269 g/mol. The van der Waals surface area contributed by atoms with E-state index in [0.29, 0.717) is 11.5 Å². The van der Waals surface area contributed by atoms with Gasteiger partial charge < -0.3 is 4.74 Å². The van der Waals surface area contributed by atoms with Crippen LogP contribution in [0.25, 0.3) is 0 Å². The largest absolute Gasteiger partial charge is 0.484 e. The van der Waals surface area contributed by atoms with Crippen LogP contribution in [0.2, 0.25) is 0 Å². The van der Waals surface area contributed by atoms with Crippen LogP contribution in [0, 0.1) is 11.2 Å². The Kier molecular flexibility index (Phi) is 3.66. The van der Waals surface area contributed by atoms with Gasteiger partial charge in [0.25, 0.3) is 0 Å². The number of ether oxygens (including phenoxy) is 1. The minimum absolute atomic E-state index is 0.233. The number of hydrogen-bond acceptors (Lipinski definition) is 3. The molecule has 0 N–H and O–H groups in total. The van der Waals surface area contributed by atoms with Gasteiger partial charge in [-0.05, 0) is 36.8 Å². The van der Waals surface area contributed by atoms with Crippen molar-refractivity contribution in [3.05, 3.63) is 42.0 Å². The first kappa shape index (κ1) is 14.0. The molecule has 1 aromatic carbocycles. The molecule has 5 heteroatoms. The third-order valence-electron chi connectivity index (χ3n) is 4.09. The second-order valence-electron chi connectivity index (χ2n) is 6.47. The van der Waals surface area contributed by atoms with Crippen molar-refractivity contribution in [1.82, 2.24) is 15.0 Å². The molecule has 0 bridgehead atoms. The quantitative estimate of drug-likeness (QED) is 0.860. The minimum atomic E-state index is -0.359. The van der Waals surface area contributed by atoms with Crippen molar-refractivity contribution in [2.24, 2.45) is 5.41 Å². The fourth-order valence-electron chi connectivity index (χ4n) is 2.90. The molecule has 0 spiro atoms. The lowest BCUT2D eigenvalue weighted by atomic mass is 9.92. The molecule has 3 rings (SSSR count). The van der Waals surface area contributed by atoms with Crippen LogP contribution in [0.15, 0.2) is 30.5 Å². The maximum Gasteiger partial charge on any atom is 0.165 e. The molecule has 1 heterocycles. The highest BCUT2D eigenvalue weighted by Gasteiger charge is 2.32. The van der Waals surface area contributed by atoms with Gasteiger partial charge in [0.2, 0.25) is 0 Å². The van der Waals surface area contributed by atoms with Gasteiger partial charge in [0.05, 0.1) is 12.2 Å². The van der Waals surface area contributed by atoms with Crippen molar-refractivity contribution in [2.45, 2.75) is 45.8 Å². The second kappa shape index (κ2) is 5.47. The van der Waals surface area contributed by atoms with Crippen LogP contribution in [0.1, 0.15) is 44.8 Å². The first-order valence-electron chi connectivity index (χ1n) is 7.31. The molecule has 4 nitrogen and oxygen atoms in total. The van der Waals surface area contributed by atoms with Crippen LogP contribution in [-0.4, -0.2) is 15.0 Å². The summed E-state index contributed by atoms with van der Waals surface area (Å²) in [5, 5.41) is 8.31. The van der Waals surface area contributed by atoms with Crippen molar-refractivity contribution in [2.75, 3.05) is 0 Å². The fourth-order valence-corrected chi connectivity index (χ4v) is 2.90. The molecular formula is C16H20FN3O. The number of halogens is 1. The van der Waals surface area contributed by atoms with E-state index < -0.39 is 0 Å². The Morgan fingerprint density at radius 1 is 1.38 bits per heavy atom. The third-order valence-corrected chi connectivity index (χ3v) is 4.09. The zero-order valence-corrected chi connectivity index (χ0v) is 12.4. The molecule has 0 radical (unpaired) electrons. The first-order valence-corrected chi connectivity index (χ1v) is 7.31. The molecule has 112 valence electrons. The summed E-state index contributed by atoms with van der Waals surface area (Å²) in [7, 11) is 0. The van der Waals surface area contributed by atoms with Crippen molar-refractivity contribution in [3.63, 3.8) is 0 Å². The zero-order chi connectivity index (χ0) is 14.9. The van der Waals surface area contributed by atoms with Crippen LogP contribution in [0.5, 0.6) is 5.75 Å². The van der Waals surface area contributed by atoms with Gasteiger partial charge in [-0.3, -0.25) is 0 Å². The molecule has 0 amide bonds. The molecule has 0 aliphatic heterocycles. The van der Waals surface area contributed by atoms with E-state index in [-0.39, 0.29) is 18.2 Å². The number of para-hydroxylation sites is 1. The topological polar surface area (TPSA) is 39.9 Å². The van der Waals surface area contributed by atoms with Gasteiger partial charge in [-0.2, -0.15) is 0 Å². The van der Waals surface area contributed by atoms with Crippen molar-refractivity contribution in [3.8, 4) is 5.75 Å². The summed E-state index contributed by atoms with van der Waals surface area (Å²) in [6.07, 6.45) is 5.36. The molecule has 21 heavy (non-hydrogen) atoms. The Morgan fingerprint density at radius 2 is 2.19 bits per heavy atom. The van der Waals surface area contributed by atoms with Crippen molar-refractivity contribution >= 4 is 0 Å². The smallest absolute Gasteiger partial charge is 0.165 e. The lowest BCUT2D eigenvalue weighted by molar-refractivity contribution is 0.285. The van der Waals surface area contributed by atoms with E-state index >= 15 is 0 Å². The standard InChI is InChI=1S/C16H20FN3O/c1-16(2)8-7-13(9-16)20-10-12(18-19-20)11-21-15-6-4-3-5-14(15)17/h3-6,10,13H,7-9,11H2,1-2H3.